The quantitative estimate of drug-likeness (QED) is 0.847. The van der Waals surface area contributed by atoms with Crippen molar-refractivity contribution in [3.05, 3.63) is 29.3 Å². The van der Waals surface area contributed by atoms with Crippen LogP contribution in [0.2, 0.25) is 0 Å². The molecule has 1 aromatic rings. The summed E-state index contributed by atoms with van der Waals surface area (Å²) in [6, 6.07) is 6.73. The molecule has 1 heterocycles. The zero-order valence-electron chi connectivity index (χ0n) is 13.5. The predicted molar refractivity (Wildman–Crippen MR) is 85.7 cm³/mol. The number of aromatic hydroxyl groups is 1. The number of phenols is 1. The highest BCUT2D eigenvalue weighted by Crippen LogP contribution is 2.53. The molecule has 1 N–H and O–H groups in total. The van der Waals surface area contributed by atoms with Gasteiger partial charge in [-0.25, -0.2) is 0 Å². The van der Waals surface area contributed by atoms with Gasteiger partial charge in [0.05, 0.1) is 0 Å². The molecule has 114 valence electrons. The molecule has 1 saturated heterocycles. The SMILES string of the molecule is CC1C2Cc3ccc(O)cc3C1(C)CCN2C1(C)CCC1. The first-order chi connectivity index (χ1) is 9.94. The Hall–Kier alpha value is -1.02. The van der Waals surface area contributed by atoms with Crippen molar-refractivity contribution in [2.24, 2.45) is 5.92 Å². The Morgan fingerprint density at radius 1 is 1.19 bits per heavy atom. The highest BCUT2D eigenvalue weighted by atomic mass is 16.3. The second-order valence-electron chi connectivity index (χ2n) is 8.11. The second-order valence-corrected chi connectivity index (χ2v) is 8.11. The van der Waals surface area contributed by atoms with Crippen LogP contribution < -0.4 is 0 Å². The fourth-order valence-corrected chi connectivity index (χ4v) is 5.25. The van der Waals surface area contributed by atoms with Gasteiger partial charge in [-0.3, -0.25) is 4.90 Å². The van der Waals surface area contributed by atoms with Crippen molar-refractivity contribution in [3.8, 4) is 5.75 Å². The van der Waals surface area contributed by atoms with Crippen LogP contribution in [-0.2, 0) is 11.8 Å². The minimum atomic E-state index is 0.230. The van der Waals surface area contributed by atoms with Gasteiger partial charge in [-0.05, 0) is 80.2 Å². The number of benzene rings is 1. The summed E-state index contributed by atoms with van der Waals surface area (Å²) in [6.45, 7) is 8.55. The number of fused-ring (bicyclic) bond motifs is 4. The number of phenolic OH excluding ortho intramolecular Hbond substituents is 1. The van der Waals surface area contributed by atoms with E-state index in [0.717, 1.165) is 6.42 Å². The summed E-state index contributed by atoms with van der Waals surface area (Å²) in [5.41, 5.74) is 3.55. The molecule has 0 aromatic heterocycles. The van der Waals surface area contributed by atoms with Crippen LogP contribution in [-0.4, -0.2) is 28.1 Å². The number of likely N-dealkylation sites (tertiary alicyclic amines) is 1. The van der Waals surface area contributed by atoms with Crippen LogP contribution in [0, 0.1) is 5.92 Å². The number of piperidine rings is 1. The molecule has 2 fully saturated rings. The largest absolute Gasteiger partial charge is 0.508 e. The summed E-state index contributed by atoms with van der Waals surface area (Å²) in [5, 5.41) is 9.90. The minimum absolute atomic E-state index is 0.230. The van der Waals surface area contributed by atoms with Crippen molar-refractivity contribution in [2.75, 3.05) is 6.54 Å². The molecule has 2 nitrogen and oxygen atoms in total. The van der Waals surface area contributed by atoms with Crippen LogP contribution in [0.1, 0.15) is 57.6 Å². The van der Waals surface area contributed by atoms with Crippen molar-refractivity contribution in [1.29, 1.82) is 0 Å². The van der Waals surface area contributed by atoms with Crippen LogP contribution in [0.25, 0.3) is 0 Å². The van der Waals surface area contributed by atoms with E-state index in [2.05, 4.69) is 31.7 Å². The lowest BCUT2D eigenvalue weighted by molar-refractivity contribution is -0.0718. The zero-order chi connectivity index (χ0) is 14.8. The maximum atomic E-state index is 9.90. The first-order valence-electron chi connectivity index (χ1n) is 8.53. The molecule has 0 spiro atoms. The lowest BCUT2D eigenvalue weighted by atomic mass is 9.57. The van der Waals surface area contributed by atoms with Gasteiger partial charge in [-0.15, -0.1) is 0 Å². The van der Waals surface area contributed by atoms with Crippen molar-refractivity contribution in [2.45, 2.75) is 69.9 Å². The monoisotopic (exact) mass is 285 g/mol. The summed E-state index contributed by atoms with van der Waals surface area (Å²) < 4.78 is 0. The van der Waals surface area contributed by atoms with Gasteiger partial charge in [0.2, 0.25) is 0 Å². The molecule has 2 heteroatoms. The molecule has 1 aliphatic heterocycles. The third kappa shape index (κ3) is 1.75. The highest BCUT2D eigenvalue weighted by molar-refractivity contribution is 5.44. The number of nitrogens with zero attached hydrogens (tertiary/aromatic N) is 1. The van der Waals surface area contributed by atoms with Crippen molar-refractivity contribution in [1.82, 2.24) is 4.90 Å². The molecule has 4 rings (SSSR count). The van der Waals surface area contributed by atoms with E-state index >= 15 is 0 Å². The number of hydrogen-bond donors (Lipinski definition) is 1. The molecule has 3 atom stereocenters. The van der Waals surface area contributed by atoms with E-state index in [4.69, 9.17) is 0 Å². The Labute approximate surface area is 128 Å². The molecule has 21 heavy (non-hydrogen) atoms. The summed E-state index contributed by atoms with van der Waals surface area (Å²) in [7, 11) is 0. The van der Waals surface area contributed by atoms with E-state index in [9.17, 15) is 5.11 Å². The topological polar surface area (TPSA) is 23.5 Å². The fourth-order valence-electron chi connectivity index (χ4n) is 5.25. The van der Waals surface area contributed by atoms with E-state index in [1.165, 1.54) is 43.4 Å². The van der Waals surface area contributed by atoms with Gasteiger partial charge in [0.1, 0.15) is 5.75 Å². The number of hydrogen-bond acceptors (Lipinski definition) is 2. The molecule has 3 aliphatic rings. The molecule has 0 radical (unpaired) electrons. The molecule has 0 amide bonds. The molecule has 3 unspecified atom stereocenters. The average molecular weight is 285 g/mol. The van der Waals surface area contributed by atoms with E-state index in [-0.39, 0.29) is 5.41 Å². The summed E-state index contributed by atoms with van der Waals surface area (Å²) in [6.07, 6.45) is 6.51. The molecule has 2 aliphatic carbocycles. The van der Waals surface area contributed by atoms with E-state index in [0.29, 0.717) is 23.2 Å². The van der Waals surface area contributed by atoms with Gasteiger partial charge in [-0.2, -0.15) is 0 Å². The highest BCUT2D eigenvalue weighted by Gasteiger charge is 2.53. The Bertz CT molecular complexity index is 577. The fraction of sp³-hybridized carbons (Fsp3) is 0.684. The Balaban J connectivity index is 1.77. The molecule has 1 saturated carbocycles. The molecule has 1 aromatic carbocycles. The van der Waals surface area contributed by atoms with E-state index in [1.807, 2.05) is 12.1 Å². The van der Waals surface area contributed by atoms with Crippen LogP contribution in [0.5, 0.6) is 5.75 Å². The van der Waals surface area contributed by atoms with Crippen molar-refractivity contribution in [3.63, 3.8) is 0 Å². The van der Waals surface area contributed by atoms with Gasteiger partial charge in [-0.1, -0.05) is 19.9 Å². The smallest absolute Gasteiger partial charge is 0.115 e. The standard InChI is InChI=1S/C19H27NO/c1-13-17-11-14-5-6-15(21)12-16(14)19(13,3)9-10-20(17)18(2)7-4-8-18/h5-6,12-13,17,21H,4,7-11H2,1-3H3. The normalized spacial score (nSPS) is 37.7. The minimum Gasteiger partial charge on any atom is -0.508 e. The lowest BCUT2D eigenvalue weighted by Crippen LogP contribution is -2.65. The predicted octanol–water partition coefficient (Wildman–Crippen LogP) is 3.86. The second kappa shape index (κ2) is 4.25. The van der Waals surface area contributed by atoms with Crippen molar-refractivity contribution < 1.29 is 5.11 Å². The Morgan fingerprint density at radius 3 is 2.62 bits per heavy atom. The number of rotatable bonds is 1. The molecular formula is C19H27NO. The summed E-state index contributed by atoms with van der Waals surface area (Å²) in [4.78, 5) is 2.83. The average Bonchev–Trinajstić information content (AvgIpc) is 2.41. The summed E-state index contributed by atoms with van der Waals surface area (Å²) >= 11 is 0. The van der Waals surface area contributed by atoms with Crippen LogP contribution in [0.4, 0.5) is 0 Å². The van der Waals surface area contributed by atoms with Crippen LogP contribution >= 0.6 is 0 Å². The molecule has 2 bridgehead atoms. The third-order valence-electron chi connectivity index (χ3n) is 7.12. The maximum Gasteiger partial charge on any atom is 0.115 e. The van der Waals surface area contributed by atoms with Gasteiger partial charge in [0, 0.05) is 11.6 Å². The Kier molecular flexibility index (Phi) is 2.76. The van der Waals surface area contributed by atoms with Crippen LogP contribution in [0.15, 0.2) is 18.2 Å². The third-order valence-corrected chi connectivity index (χ3v) is 7.12. The van der Waals surface area contributed by atoms with Gasteiger partial charge in [0.15, 0.2) is 0 Å². The molecular weight excluding hydrogens is 258 g/mol. The van der Waals surface area contributed by atoms with Crippen molar-refractivity contribution >= 4 is 0 Å². The van der Waals surface area contributed by atoms with Gasteiger partial charge < -0.3 is 5.11 Å². The first-order valence-corrected chi connectivity index (χ1v) is 8.53. The van der Waals surface area contributed by atoms with E-state index in [1.54, 1.807) is 0 Å². The summed E-state index contributed by atoms with van der Waals surface area (Å²) in [5.74, 6) is 1.09. The van der Waals surface area contributed by atoms with Gasteiger partial charge in [0.25, 0.3) is 0 Å². The van der Waals surface area contributed by atoms with Gasteiger partial charge >= 0.3 is 0 Å². The first kappa shape index (κ1) is 13.6. The Morgan fingerprint density at radius 2 is 1.95 bits per heavy atom. The lowest BCUT2D eigenvalue weighted by Gasteiger charge is -2.61. The van der Waals surface area contributed by atoms with Crippen LogP contribution in [0.3, 0.4) is 0 Å². The maximum absolute atomic E-state index is 9.90. The van der Waals surface area contributed by atoms with E-state index < -0.39 is 0 Å². The zero-order valence-corrected chi connectivity index (χ0v) is 13.5.